The summed E-state index contributed by atoms with van der Waals surface area (Å²) in [5.41, 5.74) is -0.531. The van der Waals surface area contributed by atoms with Gasteiger partial charge < -0.3 is 20.2 Å². The Hall–Kier alpha value is -0.900. The van der Waals surface area contributed by atoms with Crippen molar-refractivity contribution in [1.82, 2.24) is 10.6 Å². The van der Waals surface area contributed by atoms with Crippen LogP contribution in [0, 0.1) is 13.8 Å². The highest BCUT2D eigenvalue weighted by molar-refractivity contribution is 14.0. The molecule has 1 rings (SSSR count). The molecule has 0 aliphatic rings. The lowest BCUT2D eigenvalue weighted by Gasteiger charge is -2.24. The predicted octanol–water partition coefficient (Wildman–Crippen LogP) is 2.15. The maximum atomic E-state index is 12.1. The number of aliphatic imine (C=N–C) groups is 1. The lowest BCUT2D eigenvalue weighted by Crippen LogP contribution is -2.45. The second-order valence-electron chi connectivity index (χ2n) is 4.80. The average Bonchev–Trinajstić information content (AvgIpc) is 2.69. The standard InChI is InChI=1S/C13H21F2N3O2.HI/c1-8-5-10(9(2)20-8)13(3,19)7-18-12(16-4)17-6-11(14)15;/h5,11,19H,6-7H2,1-4H3,(H2,16,17,18);1H. The van der Waals surface area contributed by atoms with Crippen molar-refractivity contribution in [3.8, 4) is 0 Å². The van der Waals surface area contributed by atoms with Gasteiger partial charge in [-0.2, -0.15) is 0 Å². The fourth-order valence-electron chi connectivity index (χ4n) is 1.91. The molecule has 0 saturated carbocycles. The van der Waals surface area contributed by atoms with E-state index in [1.807, 2.05) is 0 Å². The molecule has 1 aromatic rings. The van der Waals surface area contributed by atoms with Crippen LogP contribution in [0.25, 0.3) is 0 Å². The first-order chi connectivity index (χ1) is 9.26. The minimum Gasteiger partial charge on any atom is -0.466 e. The average molecular weight is 417 g/mol. The number of hydrogen-bond acceptors (Lipinski definition) is 3. The van der Waals surface area contributed by atoms with Crippen LogP contribution in [-0.2, 0) is 5.60 Å². The molecule has 1 atom stereocenters. The first kappa shape index (κ1) is 20.1. The summed E-state index contributed by atoms with van der Waals surface area (Å²) in [5.74, 6) is 1.55. The quantitative estimate of drug-likeness (QED) is 0.390. The summed E-state index contributed by atoms with van der Waals surface area (Å²) in [4.78, 5) is 3.81. The predicted molar refractivity (Wildman–Crippen MR) is 88.5 cm³/mol. The zero-order valence-corrected chi connectivity index (χ0v) is 14.9. The van der Waals surface area contributed by atoms with E-state index in [2.05, 4.69) is 15.6 Å². The molecule has 0 aliphatic carbocycles. The number of nitrogens with one attached hydrogen (secondary N) is 2. The van der Waals surface area contributed by atoms with E-state index in [0.29, 0.717) is 17.1 Å². The van der Waals surface area contributed by atoms with Gasteiger partial charge in [0, 0.05) is 12.6 Å². The van der Waals surface area contributed by atoms with Gasteiger partial charge >= 0.3 is 0 Å². The summed E-state index contributed by atoms with van der Waals surface area (Å²) in [6, 6.07) is 1.76. The van der Waals surface area contributed by atoms with Crippen LogP contribution in [0.3, 0.4) is 0 Å². The molecule has 21 heavy (non-hydrogen) atoms. The van der Waals surface area contributed by atoms with Gasteiger partial charge in [-0.25, -0.2) is 8.78 Å². The van der Waals surface area contributed by atoms with E-state index in [1.165, 1.54) is 7.05 Å². The van der Waals surface area contributed by atoms with Crippen LogP contribution in [0.1, 0.15) is 24.0 Å². The molecule has 0 amide bonds. The third-order valence-corrected chi connectivity index (χ3v) is 2.87. The van der Waals surface area contributed by atoms with Crippen molar-refractivity contribution in [3.05, 3.63) is 23.2 Å². The summed E-state index contributed by atoms with van der Waals surface area (Å²) in [5, 5.41) is 15.7. The molecule has 1 heterocycles. The molecule has 0 aliphatic heterocycles. The minimum atomic E-state index is -2.46. The molecule has 0 spiro atoms. The first-order valence-corrected chi connectivity index (χ1v) is 6.29. The van der Waals surface area contributed by atoms with Gasteiger partial charge in [-0.1, -0.05) is 0 Å². The molecule has 3 N–H and O–H groups in total. The molecule has 1 unspecified atom stereocenters. The van der Waals surface area contributed by atoms with Crippen molar-refractivity contribution in [2.24, 2.45) is 4.99 Å². The van der Waals surface area contributed by atoms with Crippen LogP contribution in [0.15, 0.2) is 15.5 Å². The third kappa shape index (κ3) is 6.16. The number of guanidine groups is 1. The van der Waals surface area contributed by atoms with Gasteiger partial charge in [0.2, 0.25) is 0 Å². The lowest BCUT2D eigenvalue weighted by molar-refractivity contribution is 0.0601. The van der Waals surface area contributed by atoms with Gasteiger partial charge in [-0.15, -0.1) is 24.0 Å². The molecule has 0 fully saturated rings. The first-order valence-electron chi connectivity index (χ1n) is 6.29. The molecule has 122 valence electrons. The van der Waals surface area contributed by atoms with E-state index < -0.39 is 18.6 Å². The van der Waals surface area contributed by atoms with Crippen molar-refractivity contribution in [2.45, 2.75) is 32.8 Å². The molecule has 5 nitrogen and oxygen atoms in total. The number of alkyl halides is 2. The van der Waals surface area contributed by atoms with Gasteiger partial charge in [0.05, 0.1) is 13.1 Å². The Morgan fingerprint density at radius 3 is 2.48 bits per heavy atom. The molecule has 8 heteroatoms. The van der Waals surface area contributed by atoms with Crippen molar-refractivity contribution in [1.29, 1.82) is 0 Å². The maximum absolute atomic E-state index is 12.1. The van der Waals surface area contributed by atoms with Gasteiger partial charge in [0.1, 0.15) is 17.1 Å². The Kier molecular flexibility index (Phi) is 8.16. The molecule has 1 aromatic heterocycles. The number of rotatable bonds is 5. The largest absolute Gasteiger partial charge is 0.466 e. The van der Waals surface area contributed by atoms with E-state index in [-0.39, 0.29) is 36.5 Å². The lowest BCUT2D eigenvalue weighted by atomic mass is 9.96. The molecular formula is C13H22F2IN3O2. The Bertz CT molecular complexity index is 476. The van der Waals surface area contributed by atoms with Crippen molar-refractivity contribution < 1.29 is 18.3 Å². The Balaban J connectivity index is 0.00000400. The summed E-state index contributed by atoms with van der Waals surface area (Å²) in [6.07, 6.45) is -2.46. The summed E-state index contributed by atoms with van der Waals surface area (Å²) >= 11 is 0. The van der Waals surface area contributed by atoms with Crippen LogP contribution in [0.4, 0.5) is 8.78 Å². The van der Waals surface area contributed by atoms with Gasteiger partial charge in [-0.05, 0) is 26.8 Å². The second-order valence-corrected chi connectivity index (χ2v) is 4.80. The highest BCUT2D eigenvalue weighted by Crippen LogP contribution is 2.26. The molecule has 0 aromatic carbocycles. The maximum Gasteiger partial charge on any atom is 0.255 e. The number of furan rings is 1. The normalized spacial score (nSPS) is 14.6. The smallest absolute Gasteiger partial charge is 0.255 e. The summed E-state index contributed by atoms with van der Waals surface area (Å²) in [6.45, 7) is 4.81. The third-order valence-electron chi connectivity index (χ3n) is 2.87. The van der Waals surface area contributed by atoms with Crippen molar-refractivity contribution in [3.63, 3.8) is 0 Å². The van der Waals surface area contributed by atoms with Crippen LogP contribution in [0.2, 0.25) is 0 Å². The molecule has 0 saturated heterocycles. The van der Waals surface area contributed by atoms with E-state index in [1.54, 1.807) is 26.8 Å². The van der Waals surface area contributed by atoms with E-state index in [4.69, 9.17) is 4.42 Å². The van der Waals surface area contributed by atoms with Gasteiger partial charge in [0.15, 0.2) is 5.96 Å². The number of halogens is 3. The van der Waals surface area contributed by atoms with Crippen LogP contribution in [-0.4, -0.2) is 37.6 Å². The van der Waals surface area contributed by atoms with Gasteiger partial charge in [-0.3, -0.25) is 4.99 Å². The molecule has 0 bridgehead atoms. The highest BCUT2D eigenvalue weighted by Gasteiger charge is 2.27. The van der Waals surface area contributed by atoms with Crippen molar-refractivity contribution in [2.75, 3.05) is 20.1 Å². The number of hydrogen-bond donors (Lipinski definition) is 3. The van der Waals surface area contributed by atoms with E-state index >= 15 is 0 Å². The zero-order valence-electron chi connectivity index (χ0n) is 12.5. The number of aliphatic hydroxyl groups is 1. The Labute approximate surface area is 140 Å². The van der Waals surface area contributed by atoms with Crippen molar-refractivity contribution >= 4 is 29.9 Å². The fraction of sp³-hybridized carbons (Fsp3) is 0.615. The van der Waals surface area contributed by atoms with E-state index in [9.17, 15) is 13.9 Å². The Morgan fingerprint density at radius 1 is 1.43 bits per heavy atom. The minimum absolute atomic E-state index is 0. The van der Waals surface area contributed by atoms with Crippen LogP contribution < -0.4 is 10.6 Å². The van der Waals surface area contributed by atoms with Crippen LogP contribution in [0.5, 0.6) is 0 Å². The number of nitrogens with zero attached hydrogens (tertiary/aromatic N) is 1. The molecular weight excluding hydrogens is 395 g/mol. The van der Waals surface area contributed by atoms with E-state index in [0.717, 1.165) is 0 Å². The summed E-state index contributed by atoms with van der Waals surface area (Å²) < 4.78 is 29.6. The monoisotopic (exact) mass is 417 g/mol. The summed E-state index contributed by atoms with van der Waals surface area (Å²) in [7, 11) is 1.47. The number of aryl methyl sites for hydroxylation is 2. The second kappa shape index (κ2) is 8.52. The zero-order chi connectivity index (χ0) is 15.3. The Morgan fingerprint density at radius 2 is 2.05 bits per heavy atom. The van der Waals surface area contributed by atoms with Crippen LogP contribution >= 0.6 is 24.0 Å². The van der Waals surface area contributed by atoms with Gasteiger partial charge in [0.25, 0.3) is 6.43 Å². The molecule has 0 radical (unpaired) electrons. The highest BCUT2D eigenvalue weighted by atomic mass is 127. The fourth-order valence-corrected chi connectivity index (χ4v) is 1.91. The topological polar surface area (TPSA) is 69.8 Å². The SMILES string of the molecule is CN=C(NCC(F)F)NCC(C)(O)c1cc(C)oc1C.I.